The molecule has 0 radical (unpaired) electrons. The van der Waals surface area contributed by atoms with Crippen LogP contribution in [0.4, 0.5) is 5.69 Å². The molecule has 1 aliphatic rings. The highest BCUT2D eigenvalue weighted by Crippen LogP contribution is 2.41. The summed E-state index contributed by atoms with van der Waals surface area (Å²) in [6.45, 7) is 4.57. The van der Waals surface area contributed by atoms with Crippen LogP contribution in [-0.2, 0) is 0 Å². The van der Waals surface area contributed by atoms with E-state index in [1.807, 2.05) is 47.9 Å². The van der Waals surface area contributed by atoms with Gasteiger partial charge in [0.05, 0.1) is 13.2 Å². The zero-order valence-corrected chi connectivity index (χ0v) is 19.8. The fourth-order valence-corrected chi connectivity index (χ4v) is 4.65. The minimum absolute atomic E-state index is 0.0453. The van der Waals surface area contributed by atoms with Crippen LogP contribution in [0.5, 0.6) is 5.75 Å². The molecule has 3 aromatic rings. The van der Waals surface area contributed by atoms with Crippen molar-refractivity contribution in [2.45, 2.75) is 32.4 Å². The summed E-state index contributed by atoms with van der Waals surface area (Å²) in [5.41, 5.74) is 3.01. The number of methoxy groups -OCH3 is 1. The first-order chi connectivity index (χ1) is 15.9. The number of carbonyl (C=O) groups is 2. The van der Waals surface area contributed by atoms with Gasteiger partial charge in [0.15, 0.2) is 0 Å². The van der Waals surface area contributed by atoms with E-state index in [4.69, 9.17) is 16.3 Å². The van der Waals surface area contributed by atoms with E-state index in [0.717, 1.165) is 11.3 Å². The summed E-state index contributed by atoms with van der Waals surface area (Å²) < 4.78 is 5.22. The number of nitrogens with zero attached hydrogens (tertiary/aromatic N) is 2. The van der Waals surface area contributed by atoms with E-state index >= 15 is 0 Å². The van der Waals surface area contributed by atoms with E-state index in [1.54, 1.807) is 55.6 Å². The fourth-order valence-electron chi connectivity index (χ4n) is 4.52. The number of fused-ring (bicyclic) bond motifs is 1. The molecule has 5 nitrogen and oxygen atoms in total. The Hall–Kier alpha value is -3.31. The van der Waals surface area contributed by atoms with Crippen molar-refractivity contribution >= 4 is 29.1 Å². The third kappa shape index (κ3) is 4.46. The molecule has 2 atom stereocenters. The van der Waals surface area contributed by atoms with Crippen molar-refractivity contribution in [2.75, 3.05) is 18.6 Å². The number of ether oxygens (including phenoxy) is 1. The van der Waals surface area contributed by atoms with Crippen LogP contribution < -0.4 is 9.64 Å². The number of benzene rings is 3. The van der Waals surface area contributed by atoms with Crippen LogP contribution in [0.3, 0.4) is 0 Å². The second-order valence-corrected chi connectivity index (χ2v) is 8.60. The fraction of sp³-hybridized carbons (Fsp3) is 0.259. The smallest absolute Gasteiger partial charge is 0.258 e. The molecule has 33 heavy (non-hydrogen) atoms. The third-order valence-corrected chi connectivity index (χ3v) is 6.44. The highest BCUT2D eigenvalue weighted by atomic mass is 35.5. The molecule has 4 rings (SSSR count). The van der Waals surface area contributed by atoms with Gasteiger partial charge in [-0.15, -0.1) is 0 Å². The Balaban J connectivity index is 1.69. The lowest BCUT2D eigenvalue weighted by Crippen LogP contribution is -2.47. The molecule has 6 heteroatoms. The molecule has 0 aliphatic carbocycles. The maximum Gasteiger partial charge on any atom is 0.258 e. The summed E-state index contributed by atoms with van der Waals surface area (Å²) in [6, 6.07) is 21.8. The van der Waals surface area contributed by atoms with Gasteiger partial charge < -0.3 is 14.5 Å². The minimum Gasteiger partial charge on any atom is -0.497 e. The van der Waals surface area contributed by atoms with E-state index in [0.29, 0.717) is 34.9 Å². The molecule has 0 saturated carbocycles. The predicted octanol–water partition coefficient (Wildman–Crippen LogP) is 5.99. The second kappa shape index (κ2) is 9.67. The quantitative estimate of drug-likeness (QED) is 0.468. The summed E-state index contributed by atoms with van der Waals surface area (Å²) >= 11 is 6.01. The summed E-state index contributed by atoms with van der Waals surface area (Å²) in [4.78, 5) is 30.6. The average Bonchev–Trinajstić information content (AvgIpc) is 2.84. The third-order valence-electron chi connectivity index (χ3n) is 6.19. The summed E-state index contributed by atoms with van der Waals surface area (Å²) in [7, 11) is 1.60. The predicted molar refractivity (Wildman–Crippen MR) is 131 cm³/mol. The van der Waals surface area contributed by atoms with E-state index in [-0.39, 0.29) is 23.9 Å². The first-order valence-corrected chi connectivity index (χ1v) is 11.5. The van der Waals surface area contributed by atoms with E-state index in [1.165, 1.54) is 0 Å². The van der Waals surface area contributed by atoms with Gasteiger partial charge in [0.2, 0.25) is 0 Å². The topological polar surface area (TPSA) is 49.9 Å². The van der Waals surface area contributed by atoms with Crippen LogP contribution in [0, 0.1) is 0 Å². The first-order valence-electron chi connectivity index (χ1n) is 11.1. The molecule has 2 amide bonds. The normalized spacial score (nSPS) is 17.3. The van der Waals surface area contributed by atoms with Crippen molar-refractivity contribution in [3.8, 4) is 5.75 Å². The SMILES string of the molecule is CCN(C(=O)c1ccc(Cl)cc1)C1CC(C)N(C(=O)c2ccc(OC)cc2)c2ccccc21. The Morgan fingerprint density at radius 2 is 1.64 bits per heavy atom. The molecular formula is C27H27ClN2O3. The maximum atomic E-state index is 13.5. The van der Waals surface area contributed by atoms with Crippen molar-refractivity contribution in [2.24, 2.45) is 0 Å². The zero-order chi connectivity index (χ0) is 23.5. The lowest BCUT2D eigenvalue weighted by molar-refractivity contribution is 0.0665. The molecule has 0 fully saturated rings. The Labute approximate surface area is 199 Å². The number of rotatable bonds is 5. The Morgan fingerprint density at radius 1 is 1.00 bits per heavy atom. The van der Waals surface area contributed by atoms with Gasteiger partial charge in [0, 0.05) is 34.4 Å². The monoisotopic (exact) mass is 462 g/mol. The van der Waals surface area contributed by atoms with Crippen LogP contribution in [0.25, 0.3) is 0 Å². The largest absolute Gasteiger partial charge is 0.497 e. The van der Waals surface area contributed by atoms with Crippen LogP contribution in [0.1, 0.15) is 52.6 Å². The summed E-state index contributed by atoms with van der Waals surface area (Å²) in [5, 5.41) is 0.596. The maximum absolute atomic E-state index is 13.5. The van der Waals surface area contributed by atoms with Crippen molar-refractivity contribution in [3.05, 3.63) is 94.5 Å². The number of hydrogen-bond donors (Lipinski definition) is 0. The molecule has 3 aromatic carbocycles. The van der Waals surface area contributed by atoms with Gasteiger partial charge in [-0.3, -0.25) is 9.59 Å². The highest BCUT2D eigenvalue weighted by molar-refractivity contribution is 6.30. The minimum atomic E-state index is -0.135. The molecule has 1 aliphatic heterocycles. The number of carbonyl (C=O) groups excluding carboxylic acids is 2. The van der Waals surface area contributed by atoms with Crippen LogP contribution in [0.15, 0.2) is 72.8 Å². The first kappa shape index (κ1) is 22.9. The van der Waals surface area contributed by atoms with Gasteiger partial charge in [-0.25, -0.2) is 0 Å². The van der Waals surface area contributed by atoms with E-state index in [2.05, 4.69) is 0 Å². The Bertz CT molecular complexity index is 1140. The van der Waals surface area contributed by atoms with Gasteiger partial charge >= 0.3 is 0 Å². The highest BCUT2D eigenvalue weighted by Gasteiger charge is 2.37. The summed E-state index contributed by atoms with van der Waals surface area (Å²) in [6.07, 6.45) is 0.645. The number of hydrogen-bond acceptors (Lipinski definition) is 3. The molecule has 2 unspecified atom stereocenters. The molecular weight excluding hydrogens is 436 g/mol. The van der Waals surface area contributed by atoms with Gasteiger partial charge in [-0.1, -0.05) is 29.8 Å². The van der Waals surface area contributed by atoms with Crippen molar-refractivity contribution < 1.29 is 14.3 Å². The van der Waals surface area contributed by atoms with Gasteiger partial charge in [-0.2, -0.15) is 0 Å². The standard InChI is InChI=1S/C27H27ClN2O3/c1-4-29(26(31)19-9-13-21(28)14-10-19)25-17-18(2)30(24-8-6-5-7-23(24)25)27(32)20-11-15-22(33-3)16-12-20/h5-16,18,25H,4,17H2,1-3H3. The van der Waals surface area contributed by atoms with E-state index < -0.39 is 0 Å². The lowest BCUT2D eigenvalue weighted by atomic mass is 9.89. The van der Waals surface area contributed by atoms with Crippen LogP contribution in [0.2, 0.25) is 5.02 Å². The molecule has 0 bridgehead atoms. The number of para-hydroxylation sites is 1. The van der Waals surface area contributed by atoms with Gasteiger partial charge in [0.25, 0.3) is 11.8 Å². The zero-order valence-electron chi connectivity index (χ0n) is 19.0. The molecule has 170 valence electrons. The molecule has 0 N–H and O–H groups in total. The second-order valence-electron chi connectivity index (χ2n) is 8.16. The summed E-state index contributed by atoms with van der Waals surface area (Å²) in [5.74, 6) is 0.595. The number of anilines is 1. The molecule has 0 spiro atoms. The van der Waals surface area contributed by atoms with Crippen molar-refractivity contribution in [1.82, 2.24) is 4.90 Å². The Kier molecular flexibility index (Phi) is 6.70. The molecule has 0 aromatic heterocycles. The van der Waals surface area contributed by atoms with Crippen LogP contribution in [-0.4, -0.2) is 36.4 Å². The van der Waals surface area contributed by atoms with Gasteiger partial charge in [-0.05, 0) is 80.4 Å². The Morgan fingerprint density at radius 3 is 2.27 bits per heavy atom. The van der Waals surface area contributed by atoms with Crippen LogP contribution >= 0.6 is 11.6 Å². The van der Waals surface area contributed by atoms with Crippen molar-refractivity contribution in [1.29, 1.82) is 0 Å². The average molecular weight is 463 g/mol. The lowest BCUT2D eigenvalue weighted by Gasteiger charge is -2.43. The van der Waals surface area contributed by atoms with Gasteiger partial charge in [0.1, 0.15) is 5.75 Å². The number of amides is 2. The van der Waals surface area contributed by atoms with E-state index in [9.17, 15) is 9.59 Å². The molecule has 0 saturated heterocycles. The number of halogens is 1. The molecule has 1 heterocycles. The van der Waals surface area contributed by atoms with Crippen molar-refractivity contribution in [3.63, 3.8) is 0 Å².